The Bertz CT molecular complexity index is 169. The second-order valence-electron chi connectivity index (χ2n) is 2.22. The maximum Gasteiger partial charge on any atom is 0.303 e. The molecule has 0 amide bonds. The fourth-order valence-electron chi connectivity index (χ4n) is 0.569. The van der Waals surface area contributed by atoms with Crippen LogP contribution in [-0.2, 0) is 19.1 Å². The summed E-state index contributed by atoms with van der Waals surface area (Å²) in [5.74, 6) is -0.456. The molecular weight excluding hydrogens is 180 g/mol. The van der Waals surface area contributed by atoms with Crippen LogP contribution < -0.4 is 0 Å². The van der Waals surface area contributed by atoms with E-state index in [1.165, 1.54) is 13.8 Å². The minimum atomic E-state index is -0.449. The third-order valence-electron chi connectivity index (χ3n) is 1.01. The number of carbonyl (C=O) groups is 2. The third-order valence-corrected chi connectivity index (χ3v) is 1.42. The zero-order valence-corrected chi connectivity index (χ0v) is 7.97. The molecule has 0 radical (unpaired) electrons. The molecule has 0 aromatic rings. The lowest BCUT2D eigenvalue weighted by molar-refractivity contribution is -0.154. The lowest BCUT2D eigenvalue weighted by Gasteiger charge is -2.13. The van der Waals surface area contributed by atoms with Gasteiger partial charge in [-0.25, -0.2) is 0 Å². The normalized spacial score (nSPS) is 11.9. The largest absolute Gasteiger partial charge is 0.462 e. The van der Waals surface area contributed by atoms with Gasteiger partial charge in [0.2, 0.25) is 0 Å². The first-order chi connectivity index (χ1) is 5.56. The Kier molecular flexibility index (Phi) is 5.53. The van der Waals surface area contributed by atoms with Gasteiger partial charge in [0, 0.05) is 19.6 Å². The highest BCUT2D eigenvalue weighted by atomic mass is 32.1. The summed E-state index contributed by atoms with van der Waals surface area (Å²) < 4.78 is 9.39. The van der Waals surface area contributed by atoms with E-state index >= 15 is 0 Å². The molecule has 5 heteroatoms. The molecule has 1 atom stereocenters. The van der Waals surface area contributed by atoms with Gasteiger partial charge in [0.15, 0.2) is 0 Å². The average Bonchev–Trinajstić information content (AvgIpc) is 1.97. The minimum absolute atomic E-state index is 0.0679. The number of hydrogen-bond acceptors (Lipinski definition) is 5. The first kappa shape index (κ1) is 11.3. The van der Waals surface area contributed by atoms with Crippen LogP contribution in [0.3, 0.4) is 0 Å². The van der Waals surface area contributed by atoms with Gasteiger partial charge in [-0.15, -0.1) is 0 Å². The summed E-state index contributed by atoms with van der Waals surface area (Å²) in [6, 6.07) is 0. The van der Waals surface area contributed by atoms with E-state index in [4.69, 9.17) is 4.74 Å². The monoisotopic (exact) mass is 192 g/mol. The van der Waals surface area contributed by atoms with Gasteiger partial charge >= 0.3 is 11.9 Å². The molecule has 0 aliphatic rings. The molecule has 0 saturated carbocycles. The minimum Gasteiger partial charge on any atom is -0.462 e. The molecule has 70 valence electrons. The van der Waals surface area contributed by atoms with Crippen LogP contribution in [-0.4, -0.2) is 30.4 Å². The molecule has 0 bridgehead atoms. The first-order valence-electron chi connectivity index (χ1n) is 3.47. The molecule has 0 fully saturated rings. The van der Waals surface area contributed by atoms with Crippen molar-refractivity contribution in [3.63, 3.8) is 0 Å². The van der Waals surface area contributed by atoms with Crippen LogP contribution in [0, 0.1) is 0 Å². The van der Waals surface area contributed by atoms with Gasteiger partial charge in [0.25, 0.3) is 0 Å². The van der Waals surface area contributed by atoms with E-state index in [1.807, 2.05) is 0 Å². The van der Waals surface area contributed by atoms with Crippen LogP contribution in [0.15, 0.2) is 0 Å². The Hall–Kier alpha value is -0.710. The second-order valence-corrected chi connectivity index (χ2v) is 2.58. The Labute approximate surface area is 76.6 Å². The quantitative estimate of drug-likeness (QED) is 0.518. The molecule has 0 heterocycles. The molecule has 0 aliphatic heterocycles. The number of rotatable bonds is 4. The summed E-state index contributed by atoms with van der Waals surface area (Å²) in [4.78, 5) is 20.8. The predicted molar refractivity (Wildman–Crippen MR) is 46.0 cm³/mol. The molecule has 0 unspecified atom stereocenters. The van der Waals surface area contributed by atoms with E-state index in [1.54, 1.807) is 0 Å². The van der Waals surface area contributed by atoms with Crippen molar-refractivity contribution < 1.29 is 19.1 Å². The molecule has 0 N–H and O–H groups in total. The highest BCUT2D eigenvalue weighted by Crippen LogP contribution is 1.97. The van der Waals surface area contributed by atoms with Gasteiger partial charge in [0.1, 0.15) is 12.7 Å². The van der Waals surface area contributed by atoms with Crippen molar-refractivity contribution in [1.29, 1.82) is 0 Å². The fraction of sp³-hybridized carbons (Fsp3) is 0.714. The van der Waals surface area contributed by atoms with Crippen LogP contribution >= 0.6 is 12.6 Å². The van der Waals surface area contributed by atoms with Crippen molar-refractivity contribution in [2.24, 2.45) is 0 Å². The Balaban J connectivity index is 3.67. The standard InChI is InChI=1S/C7H12O4S/c1-5(8)10-3-7(4-12)11-6(2)9/h7,12H,3-4H2,1-2H3/t7-/m1/s1. The molecule has 0 aromatic carbocycles. The zero-order valence-electron chi connectivity index (χ0n) is 7.07. The third kappa shape index (κ3) is 6.03. The topological polar surface area (TPSA) is 52.6 Å². The van der Waals surface area contributed by atoms with E-state index in [9.17, 15) is 9.59 Å². The number of ether oxygens (including phenoxy) is 2. The molecular formula is C7H12O4S. The molecule has 0 spiro atoms. The van der Waals surface area contributed by atoms with E-state index < -0.39 is 18.0 Å². The van der Waals surface area contributed by atoms with Crippen LogP contribution in [0.25, 0.3) is 0 Å². The van der Waals surface area contributed by atoms with Crippen LogP contribution in [0.1, 0.15) is 13.8 Å². The second kappa shape index (κ2) is 5.88. The highest BCUT2D eigenvalue weighted by molar-refractivity contribution is 7.80. The highest BCUT2D eigenvalue weighted by Gasteiger charge is 2.10. The number of carbonyl (C=O) groups excluding carboxylic acids is 2. The van der Waals surface area contributed by atoms with Gasteiger partial charge in [-0.1, -0.05) is 0 Å². The first-order valence-corrected chi connectivity index (χ1v) is 4.11. The smallest absolute Gasteiger partial charge is 0.303 e. The molecule has 0 rings (SSSR count). The number of esters is 2. The van der Waals surface area contributed by atoms with E-state index in [0.717, 1.165) is 0 Å². The van der Waals surface area contributed by atoms with Crippen molar-refractivity contribution >= 4 is 24.6 Å². The number of hydrogen-bond donors (Lipinski definition) is 1. The van der Waals surface area contributed by atoms with Gasteiger partial charge in [-0.05, 0) is 0 Å². The summed E-state index contributed by atoms with van der Waals surface area (Å²) >= 11 is 3.92. The van der Waals surface area contributed by atoms with Crippen molar-refractivity contribution in [1.82, 2.24) is 0 Å². The molecule has 0 saturated heterocycles. The number of thiol groups is 1. The van der Waals surface area contributed by atoms with Crippen molar-refractivity contribution in [3.8, 4) is 0 Å². The lowest BCUT2D eigenvalue weighted by atomic mass is 10.4. The van der Waals surface area contributed by atoms with Crippen LogP contribution in [0.5, 0.6) is 0 Å². The summed E-state index contributed by atoms with van der Waals surface area (Å²) in [5, 5.41) is 0. The zero-order chi connectivity index (χ0) is 9.56. The van der Waals surface area contributed by atoms with E-state index in [2.05, 4.69) is 17.4 Å². The lowest BCUT2D eigenvalue weighted by Crippen LogP contribution is -2.25. The summed E-state index contributed by atoms with van der Waals surface area (Å²) in [7, 11) is 0. The van der Waals surface area contributed by atoms with Gasteiger partial charge in [-0.3, -0.25) is 9.59 Å². The van der Waals surface area contributed by atoms with E-state index in [0.29, 0.717) is 5.75 Å². The Morgan fingerprint density at radius 3 is 2.25 bits per heavy atom. The molecule has 0 aliphatic carbocycles. The Morgan fingerprint density at radius 1 is 1.33 bits per heavy atom. The van der Waals surface area contributed by atoms with Gasteiger partial charge < -0.3 is 9.47 Å². The Morgan fingerprint density at radius 2 is 1.92 bits per heavy atom. The molecule has 0 aromatic heterocycles. The molecule has 4 nitrogen and oxygen atoms in total. The predicted octanol–water partition coefficient (Wildman–Crippen LogP) is 0.411. The van der Waals surface area contributed by atoms with Crippen molar-refractivity contribution in [2.45, 2.75) is 20.0 Å². The summed E-state index contributed by atoms with van der Waals surface area (Å²) in [6.45, 7) is 2.66. The van der Waals surface area contributed by atoms with Crippen molar-refractivity contribution in [2.75, 3.05) is 12.4 Å². The molecule has 12 heavy (non-hydrogen) atoms. The SMILES string of the molecule is CC(=O)OC[C@H](CS)OC(C)=O. The summed E-state index contributed by atoms with van der Waals surface area (Å²) in [6.07, 6.45) is -0.449. The van der Waals surface area contributed by atoms with Crippen LogP contribution in [0.4, 0.5) is 0 Å². The van der Waals surface area contributed by atoms with Gasteiger partial charge in [0.05, 0.1) is 0 Å². The fourth-order valence-corrected chi connectivity index (χ4v) is 0.749. The van der Waals surface area contributed by atoms with Crippen LogP contribution in [0.2, 0.25) is 0 Å². The van der Waals surface area contributed by atoms with E-state index in [-0.39, 0.29) is 6.61 Å². The van der Waals surface area contributed by atoms with Crippen molar-refractivity contribution in [3.05, 3.63) is 0 Å². The van der Waals surface area contributed by atoms with Gasteiger partial charge in [-0.2, -0.15) is 12.6 Å². The average molecular weight is 192 g/mol. The summed E-state index contributed by atoms with van der Waals surface area (Å²) in [5.41, 5.74) is 0. The maximum atomic E-state index is 10.5. The maximum absolute atomic E-state index is 10.5.